The van der Waals surface area contributed by atoms with Gasteiger partial charge in [-0.2, -0.15) is 0 Å². The standard InChI is InChI=1S/C21H15Cl2N3O/c22-17-7-4-8-18(23)16(17)11-24-21(27)19-13-26-12-15(9-10-20(26)25-19)14-5-2-1-3-6-14/h1-10,12-13H,11H2,(H,24,27). The van der Waals surface area contributed by atoms with Crippen molar-refractivity contribution in [2.24, 2.45) is 0 Å². The molecule has 0 aliphatic heterocycles. The third-order valence-corrected chi connectivity index (χ3v) is 4.99. The molecule has 4 aromatic rings. The summed E-state index contributed by atoms with van der Waals surface area (Å²) in [5.74, 6) is -0.282. The smallest absolute Gasteiger partial charge is 0.271 e. The van der Waals surface area contributed by atoms with Crippen LogP contribution in [0.3, 0.4) is 0 Å². The number of hydrogen-bond donors (Lipinski definition) is 1. The maximum atomic E-state index is 12.5. The molecule has 0 fully saturated rings. The van der Waals surface area contributed by atoms with E-state index < -0.39 is 0 Å². The van der Waals surface area contributed by atoms with Crippen LogP contribution in [0.15, 0.2) is 73.1 Å². The SMILES string of the molecule is O=C(NCc1c(Cl)cccc1Cl)c1cn2cc(-c3ccccc3)ccc2n1. The average Bonchev–Trinajstić information content (AvgIpc) is 3.11. The van der Waals surface area contributed by atoms with Gasteiger partial charge in [0.25, 0.3) is 5.91 Å². The van der Waals surface area contributed by atoms with E-state index in [9.17, 15) is 4.79 Å². The van der Waals surface area contributed by atoms with Gasteiger partial charge >= 0.3 is 0 Å². The first-order chi connectivity index (χ1) is 13.1. The Hall–Kier alpha value is -2.82. The number of pyridine rings is 1. The molecule has 134 valence electrons. The van der Waals surface area contributed by atoms with E-state index in [4.69, 9.17) is 23.2 Å². The van der Waals surface area contributed by atoms with Gasteiger partial charge in [-0.1, -0.05) is 59.6 Å². The number of halogens is 2. The van der Waals surface area contributed by atoms with E-state index >= 15 is 0 Å². The number of imidazole rings is 1. The molecule has 4 rings (SSSR count). The van der Waals surface area contributed by atoms with E-state index in [1.807, 2.05) is 53.1 Å². The van der Waals surface area contributed by atoms with Gasteiger partial charge in [0.05, 0.1) is 0 Å². The lowest BCUT2D eigenvalue weighted by Crippen LogP contribution is -2.23. The first-order valence-corrected chi connectivity index (χ1v) is 9.13. The molecule has 0 saturated carbocycles. The highest BCUT2D eigenvalue weighted by Crippen LogP contribution is 2.24. The van der Waals surface area contributed by atoms with Crippen molar-refractivity contribution in [2.75, 3.05) is 0 Å². The van der Waals surface area contributed by atoms with Crippen LogP contribution >= 0.6 is 23.2 Å². The Kier molecular flexibility index (Phi) is 4.84. The quantitative estimate of drug-likeness (QED) is 0.513. The third-order valence-electron chi connectivity index (χ3n) is 4.28. The summed E-state index contributed by atoms with van der Waals surface area (Å²) in [6, 6.07) is 19.2. The van der Waals surface area contributed by atoms with E-state index in [-0.39, 0.29) is 12.5 Å². The van der Waals surface area contributed by atoms with Crippen LogP contribution in [-0.2, 0) is 6.54 Å². The number of hydrogen-bond acceptors (Lipinski definition) is 2. The summed E-state index contributed by atoms with van der Waals surface area (Å²) in [5, 5.41) is 3.86. The van der Waals surface area contributed by atoms with E-state index in [1.54, 1.807) is 24.4 Å². The van der Waals surface area contributed by atoms with Gasteiger partial charge in [-0.3, -0.25) is 4.79 Å². The van der Waals surface area contributed by atoms with Crippen molar-refractivity contribution < 1.29 is 4.79 Å². The zero-order chi connectivity index (χ0) is 18.8. The maximum absolute atomic E-state index is 12.5. The van der Waals surface area contributed by atoms with Crippen LogP contribution < -0.4 is 5.32 Å². The predicted molar refractivity (Wildman–Crippen MR) is 108 cm³/mol. The Morgan fingerprint density at radius 2 is 1.63 bits per heavy atom. The predicted octanol–water partition coefficient (Wildman–Crippen LogP) is 5.24. The van der Waals surface area contributed by atoms with Crippen molar-refractivity contribution in [1.82, 2.24) is 14.7 Å². The maximum Gasteiger partial charge on any atom is 0.271 e. The minimum absolute atomic E-state index is 0.237. The molecule has 2 aromatic heterocycles. The number of amides is 1. The molecule has 2 aromatic carbocycles. The van der Waals surface area contributed by atoms with E-state index in [0.717, 1.165) is 11.1 Å². The number of aromatic nitrogens is 2. The summed E-state index contributed by atoms with van der Waals surface area (Å²) in [4.78, 5) is 16.9. The molecule has 1 N–H and O–H groups in total. The lowest BCUT2D eigenvalue weighted by Gasteiger charge is -2.07. The van der Waals surface area contributed by atoms with Crippen LogP contribution in [-0.4, -0.2) is 15.3 Å². The molecular weight excluding hydrogens is 381 g/mol. The molecule has 0 aliphatic rings. The van der Waals surface area contributed by atoms with Gasteiger partial charge in [-0.15, -0.1) is 0 Å². The Bertz CT molecular complexity index is 1100. The third kappa shape index (κ3) is 3.68. The molecule has 0 saturated heterocycles. The van der Waals surface area contributed by atoms with E-state index in [2.05, 4.69) is 10.3 Å². The first-order valence-electron chi connectivity index (χ1n) is 8.37. The van der Waals surface area contributed by atoms with Crippen molar-refractivity contribution >= 4 is 34.8 Å². The van der Waals surface area contributed by atoms with Crippen molar-refractivity contribution in [3.63, 3.8) is 0 Å². The summed E-state index contributed by atoms with van der Waals surface area (Å²) >= 11 is 12.3. The van der Waals surface area contributed by atoms with Gasteiger partial charge < -0.3 is 9.72 Å². The van der Waals surface area contributed by atoms with Crippen LogP contribution in [0.4, 0.5) is 0 Å². The van der Waals surface area contributed by atoms with Crippen molar-refractivity contribution in [1.29, 1.82) is 0 Å². The topological polar surface area (TPSA) is 46.4 Å². The molecule has 6 heteroatoms. The van der Waals surface area contributed by atoms with Gasteiger partial charge in [-0.05, 0) is 35.4 Å². The molecule has 27 heavy (non-hydrogen) atoms. The monoisotopic (exact) mass is 395 g/mol. The molecule has 1 amide bonds. The lowest BCUT2D eigenvalue weighted by molar-refractivity contribution is 0.0946. The minimum Gasteiger partial charge on any atom is -0.346 e. The Balaban J connectivity index is 1.56. The fraction of sp³-hybridized carbons (Fsp3) is 0.0476. The molecule has 0 bridgehead atoms. The summed E-state index contributed by atoms with van der Waals surface area (Å²) < 4.78 is 1.85. The van der Waals surface area contributed by atoms with Crippen molar-refractivity contribution in [3.8, 4) is 11.1 Å². The van der Waals surface area contributed by atoms with Crippen LogP contribution in [0.2, 0.25) is 10.0 Å². The lowest BCUT2D eigenvalue weighted by atomic mass is 10.1. The fourth-order valence-corrected chi connectivity index (χ4v) is 3.39. The number of carbonyl (C=O) groups excluding carboxylic acids is 1. The van der Waals surface area contributed by atoms with Gasteiger partial charge in [0.1, 0.15) is 11.3 Å². The zero-order valence-electron chi connectivity index (χ0n) is 14.2. The van der Waals surface area contributed by atoms with E-state index in [0.29, 0.717) is 26.9 Å². The summed E-state index contributed by atoms with van der Waals surface area (Å²) in [6.45, 7) is 0.237. The summed E-state index contributed by atoms with van der Waals surface area (Å²) in [5.41, 5.74) is 3.88. The highest BCUT2D eigenvalue weighted by molar-refractivity contribution is 6.36. The normalized spacial score (nSPS) is 10.9. The number of nitrogens with zero attached hydrogens (tertiary/aromatic N) is 2. The number of fused-ring (bicyclic) bond motifs is 1. The highest BCUT2D eigenvalue weighted by Gasteiger charge is 2.13. The molecule has 0 spiro atoms. The largest absolute Gasteiger partial charge is 0.346 e. The Morgan fingerprint density at radius 1 is 0.889 bits per heavy atom. The van der Waals surface area contributed by atoms with Gasteiger partial charge in [-0.25, -0.2) is 4.98 Å². The second-order valence-electron chi connectivity index (χ2n) is 6.06. The van der Waals surface area contributed by atoms with Crippen LogP contribution in [0, 0.1) is 0 Å². The molecule has 0 aliphatic carbocycles. The molecule has 0 radical (unpaired) electrons. The fourth-order valence-electron chi connectivity index (χ4n) is 2.86. The number of rotatable bonds is 4. The zero-order valence-corrected chi connectivity index (χ0v) is 15.7. The molecular formula is C21H15Cl2N3O. The van der Waals surface area contributed by atoms with Gasteiger partial charge in [0, 0.05) is 34.5 Å². The van der Waals surface area contributed by atoms with Crippen molar-refractivity contribution in [2.45, 2.75) is 6.54 Å². The van der Waals surface area contributed by atoms with Gasteiger partial charge in [0.2, 0.25) is 0 Å². The second kappa shape index (κ2) is 7.43. The van der Waals surface area contributed by atoms with Crippen LogP contribution in [0.5, 0.6) is 0 Å². The number of nitrogens with one attached hydrogen (secondary N) is 1. The van der Waals surface area contributed by atoms with E-state index in [1.165, 1.54) is 0 Å². The second-order valence-corrected chi connectivity index (χ2v) is 6.87. The molecule has 4 nitrogen and oxygen atoms in total. The molecule has 2 heterocycles. The van der Waals surface area contributed by atoms with Gasteiger partial charge in [0.15, 0.2) is 0 Å². The first kappa shape index (κ1) is 17.6. The average molecular weight is 396 g/mol. The van der Waals surface area contributed by atoms with Crippen LogP contribution in [0.25, 0.3) is 16.8 Å². The Morgan fingerprint density at radius 3 is 2.37 bits per heavy atom. The summed E-state index contributed by atoms with van der Waals surface area (Å²) in [6.07, 6.45) is 3.67. The molecule has 0 unspecified atom stereocenters. The number of carbonyl (C=O) groups is 1. The highest BCUT2D eigenvalue weighted by atomic mass is 35.5. The Labute approximate surface area is 166 Å². The summed E-state index contributed by atoms with van der Waals surface area (Å²) in [7, 11) is 0. The minimum atomic E-state index is -0.282. The van der Waals surface area contributed by atoms with Crippen molar-refractivity contribution in [3.05, 3.63) is 94.4 Å². The van der Waals surface area contributed by atoms with Crippen LogP contribution in [0.1, 0.15) is 16.1 Å². The number of benzene rings is 2. The molecule has 0 atom stereocenters.